The number of nitrogens with zero attached hydrogens (tertiary/aromatic N) is 1. The smallest absolute Gasteiger partial charge is 0.379 e. The van der Waals surface area contributed by atoms with E-state index >= 15 is 0 Å². The van der Waals surface area contributed by atoms with Crippen LogP contribution >= 0.6 is 11.6 Å². The van der Waals surface area contributed by atoms with Crippen molar-refractivity contribution in [2.45, 2.75) is 37.5 Å². The lowest BCUT2D eigenvalue weighted by Crippen LogP contribution is -2.28. The molecule has 1 aliphatic carbocycles. The van der Waals surface area contributed by atoms with Gasteiger partial charge < -0.3 is 5.32 Å². The summed E-state index contributed by atoms with van der Waals surface area (Å²) in [5.41, 5.74) is -0.667. The van der Waals surface area contributed by atoms with Crippen LogP contribution in [0.5, 0.6) is 0 Å². The molecule has 0 bridgehead atoms. The second-order valence-electron chi connectivity index (χ2n) is 5.52. The second-order valence-corrected chi connectivity index (χ2v) is 5.92. The Morgan fingerprint density at radius 3 is 2.60 bits per heavy atom. The van der Waals surface area contributed by atoms with Crippen LogP contribution in [0.3, 0.4) is 0 Å². The summed E-state index contributed by atoms with van der Waals surface area (Å²) in [5, 5.41) is 3.13. The number of rotatable bonds is 3. The third-order valence-electron chi connectivity index (χ3n) is 3.95. The van der Waals surface area contributed by atoms with Gasteiger partial charge in [-0.3, -0.25) is 4.90 Å². The second kappa shape index (κ2) is 5.11. The summed E-state index contributed by atoms with van der Waals surface area (Å²) in [6, 6.07) is 4.59. The Morgan fingerprint density at radius 1 is 1.20 bits per heavy atom. The summed E-state index contributed by atoms with van der Waals surface area (Å²) in [5.74, 6) is 0. The molecule has 1 atom stereocenters. The number of alkyl halides is 3. The lowest BCUT2D eigenvalue weighted by molar-refractivity contribution is -0.137. The first-order valence-corrected chi connectivity index (χ1v) is 7.19. The predicted octanol–water partition coefficient (Wildman–Crippen LogP) is 4.01. The Morgan fingerprint density at radius 2 is 1.95 bits per heavy atom. The molecular formula is C14H16ClF3N2. The normalized spacial score (nSPS) is 24.1. The number of anilines is 1. The van der Waals surface area contributed by atoms with Crippen molar-refractivity contribution < 1.29 is 13.2 Å². The Hall–Kier alpha value is -0.940. The molecule has 1 heterocycles. The number of halogens is 4. The van der Waals surface area contributed by atoms with Gasteiger partial charge in [-0.25, -0.2) is 0 Å². The zero-order chi connectivity index (χ0) is 14.3. The highest BCUT2D eigenvalue weighted by atomic mass is 35.5. The summed E-state index contributed by atoms with van der Waals surface area (Å²) < 4.78 is 39.0. The molecule has 1 aromatic rings. The minimum atomic E-state index is -4.39. The number of benzene rings is 1. The zero-order valence-corrected chi connectivity index (χ0v) is 11.6. The minimum Gasteiger partial charge on any atom is -0.379 e. The lowest BCUT2D eigenvalue weighted by Gasteiger charge is -2.20. The van der Waals surface area contributed by atoms with Crippen LogP contribution in [-0.2, 0) is 6.18 Å². The van der Waals surface area contributed by atoms with Gasteiger partial charge in [-0.05, 0) is 31.4 Å². The predicted molar refractivity (Wildman–Crippen MR) is 73.1 cm³/mol. The third-order valence-corrected chi connectivity index (χ3v) is 4.27. The van der Waals surface area contributed by atoms with Crippen molar-refractivity contribution in [1.82, 2.24) is 4.90 Å². The van der Waals surface area contributed by atoms with Crippen LogP contribution in [0.4, 0.5) is 18.9 Å². The van der Waals surface area contributed by atoms with Gasteiger partial charge in [0.15, 0.2) is 0 Å². The van der Waals surface area contributed by atoms with Gasteiger partial charge in [0.2, 0.25) is 0 Å². The first kappa shape index (κ1) is 14.0. The molecule has 6 heteroatoms. The average Bonchev–Trinajstić information content (AvgIpc) is 3.11. The molecule has 1 aromatic carbocycles. The van der Waals surface area contributed by atoms with E-state index < -0.39 is 11.7 Å². The average molecular weight is 305 g/mol. The molecule has 1 saturated heterocycles. The summed E-state index contributed by atoms with van der Waals surface area (Å²) in [6.07, 6.45) is -1.10. The maximum Gasteiger partial charge on any atom is 0.418 e. The standard InChI is InChI=1S/C14H16ClF3N2/c15-12-3-1-2-11(14(16,17)18)13(12)19-9-6-7-20(8-9)10-4-5-10/h1-3,9-10,19H,4-8H2. The summed E-state index contributed by atoms with van der Waals surface area (Å²) in [4.78, 5) is 2.35. The molecule has 1 saturated carbocycles. The van der Waals surface area contributed by atoms with Gasteiger partial charge in [0, 0.05) is 25.2 Å². The molecule has 20 heavy (non-hydrogen) atoms. The molecule has 1 N–H and O–H groups in total. The molecule has 0 spiro atoms. The minimum absolute atomic E-state index is 0.0179. The van der Waals surface area contributed by atoms with E-state index in [1.807, 2.05) is 0 Å². The van der Waals surface area contributed by atoms with E-state index in [0.717, 1.165) is 25.6 Å². The molecule has 2 aliphatic rings. The van der Waals surface area contributed by atoms with Crippen molar-refractivity contribution in [2.24, 2.45) is 0 Å². The van der Waals surface area contributed by atoms with Crippen molar-refractivity contribution in [3.8, 4) is 0 Å². The molecule has 3 rings (SSSR count). The van der Waals surface area contributed by atoms with Crippen LogP contribution in [0.15, 0.2) is 18.2 Å². The summed E-state index contributed by atoms with van der Waals surface area (Å²) in [6.45, 7) is 1.75. The van der Waals surface area contributed by atoms with Crippen LogP contribution in [0, 0.1) is 0 Å². The molecule has 0 aromatic heterocycles. The van der Waals surface area contributed by atoms with Gasteiger partial charge >= 0.3 is 6.18 Å². The third kappa shape index (κ3) is 2.88. The highest BCUT2D eigenvalue weighted by Gasteiger charge is 2.37. The molecule has 110 valence electrons. The molecule has 0 radical (unpaired) electrons. The van der Waals surface area contributed by atoms with E-state index in [1.165, 1.54) is 25.0 Å². The van der Waals surface area contributed by atoms with Crippen molar-refractivity contribution in [3.63, 3.8) is 0 Å². The maximum atomic E-state index is 13.0. The van der Waals surface area contributed by atoms with E-state index in [9.17, 15) is 13.2 Å². The first-order valence-electron chi connectivity index (χ1n) is 6.81. The fraction of sp³-hybridized carbons (Fsp3) is 0.571. The molecule has 1 aliphatic heterocycles. The van der Waals surface area contributed by atoms with Crippen molar-refractivity contribution in [3.05, 3.63) is 28.8 Å². The Balaban J connectivity index is 1.76. The molecule has 0 amide bonds. The van der Waals surface area contributed by atoms with Crippen LogP contribution in [0.2, 0.25) is 5.02 Å². The largest absolute Gasteiger partial charge is 0.418 e. The number of nitrogens with one attached hydrogen (secondary N) is 1. The summed E-state index contributed by atoms with van der Waals surface area (Å²) in [7, 11) is 0. The van der Waals surface area contributed by atoms with Crippen LogP contribution < -0.4 is 5.32 Å². The van der Waals surface area contributed by atoms with Crippen molar-refractivity contribution in [1.29, 1.82) is 0 Å². The number of para-hydroxylation sites is 1. The van der Waals surface area contributed by atoms with Gasteiger partial charge in [0.1, 0.15) is 0 Å². The highest BCUT2D eigenvalue weighted by molar-refractivity contribution is 6.33. The van der Waals surface area contributed by atoms with Crippen molar-refractivity contribution in [2.75, 3.05) is 18.4 Å². The fourth-order valence-electron chi connectivity index (χ4n) is 2.79. The first-order chi connectivity index (χ1) is 9.45. The van der Waals surface area contributed by atoms with E-state index in [4.69, 9.17) is 11.6 Å². The van der Waals surface area contributed by atoms with Crippen LogP contribution in [0.1, 0.15) is 24.8 Å². The van der Waals surface area contributed by atoms with Gasteiger partial charge in [-0.1, -0.05) is 17.7 Å². The van der Waals surface area contributed by atoms with Gasteiger partial charge in [0.05, 0.1) is 16.3 Å². The highest BCUT2D eigenvalue weighted by Crippen LogP contribution is 2.39. The number of hydrogen-bond donors (Lipinski definition) is 1. The van der Waals surface area contributed by atoms with Gasteiger partial charge in [-0.2, -0.15) is 13.2 Å². The molecule has 1 unspecified atom stereocenters. The van der Waals surface area contributed by atoms with Gasteiger partial charge in [0.25, 0.3) is 0 Å². The SMILES string of the molecule is FC(F)(F)c1cccc(Cl)c1NC1CCN(C2CC2)C1. The van der Waals surface area contributed by atoms with E-state index in [0.29, 0.717) is 6.04 Å². The number of hydrogen-bond acceptors (Lipinski definition) is 2. The van der Waals surface area contributed by atoms with Crippen molar-refractivity contribution >= 4 is 17.3 Å². The van der Waals surface area contributed by atoms with Gasteiger partial charge in [-0.15, -0.1) is 0 Å². The Kier molecular flexibility index (Phi) is 3.58. The topological polar surface area (TPSA) is 15.3 Å². The monoisotopic (exact) mass is 304 g/mol. The quantitative estimate of drug-likeness (QED) is 0.908. The summed E-state index contributed by atoms with van der Waals surface area (Å²) >= 11 is 5.95. The van der Waals surface area contributed by atoms with Crippen LogP contribution in [0.25, 0.3) is 0 Å². The van der Waals surface area contributed by atoms with Crippen LogP contribution in [-0.4, -0.2) is 30.1 Å². The van der Waals surface area contributed by atoms with E-state index in [-0.39, 0.29) is 16.8 Å². The molecule has 2 nitrogen and oxygen atoms in total. The molecule has 2 fully saturated rings. The number of likely N-dealkylation sites (tertiary alicyclic amines) is 1. The Bertz CT molecular complexity index is 500. The maximum absolute atomic E-state index is 13.0. The van der Waals surface area contributed by atoms with E-state index in [2.05, 4.69) is 10.2 Å². The Labute approximate surface area is 120 Å². The zero-order valence-electron chi connectivity index (χ0n) is 10.9. The fourth-order valence-corrected chi connectivity index (χ4v) is 3.02. The van der Waals surface area contributed by atoms with E-state index in [1.54, 1.807) is 0 Å². The lowest BCUT2D eigenvalue weighted by atomic mass is 10.1. The molecular weight excluding hydrogens is 289 g/mol.